The van der Waals surface area contributed by atoms with Crippen LogP contribution in [0.2, 0.25) is 19.6 Å². The van der Waals surface area contributed by atoms with Crippen LogP contribution in [0.1, 0.15) is 6.92 Å². The van der Waals surface area contributed by atoms with E-state index in [1.807, 2.05) is 50.0 Å². The number of rotatable bonds is 5. The van der Waals surface area contributed by atoms with E-state index in [9.17, 15) is 13.2 Å². The fourth-order valence-corrected chi connectivity index (χ4v) is 4.84. The van der Waals surface area contributed by atoms with Crippen molar-refractivity contribution in [3.63, 3.8) is 0 Å². The number of benzene rings is 1. The summed E-state index contributed by atoms with van der Waals surface area (Å²) in [5.41, 5.74) is 0. The van der Waals surface area contributed by atoms with Crippen LogP contribution in [0.3, 0.4) is 0 Å². The van der Waals surface area contributed by atoms with Crippen molar-refractivity contribution < 1.29 is 17.9 Å². The maximum absolute atomic E-state index is 13.2. The summed E-state index contributed by atoms with van der Waals surface area (Å²) < 4.78 is 44.9. The summed E-state index contributed by atoms with van der Waals surface area (Å²) in [6, 6.07) is 9.10. The number of alkyl halides is 3. The first-order valence-electron chi connectivity index (χ1n) is 6.34. The zero-order chi connectivity index (χ0) is 15.4. The summed E-state index contributed by atoms with van der Waals surface area (Å²) in [6.07, 6.45) is -4.45. The van der Waals surface area contributed by atoms with Gasteiger partial charge in [0.2, 0.25) is 5.76 Å². The lowest BCUT2D eigenvalue weighted by Gasteiger charge is -2.25. The Kier molecular flexibility index (Phi) is 5.76. The first-order chi connectivity index (χ1) is 9.16. The van der Waals surface area contributed by atoms with Crippen molar-refractivity contribution in [3.05, 3.63) is 40.6 Å². The molecule has 0 radical (unpaired) electrons. The first kappa shape index (κ1) is 17.2. The smallest absolute Gasteiger partial charge is 0.449 e. The van der Waals surface area contributed by atoms with Gasteiger partial charge in [-0.15, -0.1) is 0 Å². The molecular weight excluding hydrogens is 301 g/mol. The Morgan fingerprint density at radius 3 is 2.10 bits per heavy atom. The topological polar surface area (TPSA) is 9.23 Å². The highest BCUT2D eigenvalue weighted by atomic mass is 32.2. The zero-order valence-corrected chi connectivity index (χ0v) is 13.9. The van der Waals surface area contributed by atoms with Gasteiger partial charge in [-0.2, -0.15) is 13.2 Å². The highest BCUT2D eigenvalue weighted by molar-refractivity contribution is 8.05. The number of hydrogen-bond donors (Lipinski definition) is 0. The van der Waals surface area contributed by atoms with Gasteiger partial charge in [-0.3, -0.25) is 0 Å². The molecule has 20 heavy (non-hydrogen) atoms. The van der Waals surface area contributed by atoms with Crippen LogP contribution in [0.4, 0.5) is 13.2 Å². The molecule has 1 aromatic rings. The third-order valence-electron chi connectivity index (χ3n) is 2.40. The standard InChI is InChI=1S/C14H19F3OSSi/c1-5-18-12(14(15,16)17)13(20(2,3)4)19-11-9-7-6-8-10-11/h6-10H,5H2,1-4H3/b13-12-. The summed E-state index contributed by atoms with van der Waals surface area (Å²) in [6.45, 7) is 7.26. The third-order valence-corrected chi connectivity index (χ3v) is 7.03. The first-order valence-corrected chi connectivity index (χ1v) is 10.7. The Hall–Kier alpha value is -0.883. The van der Waals surface area contributed by atoms with Crippen molar-refractivity contribution in [2.45, 2.75) is 37.6 Å². The number of thioether (sulfide) groups is 1. The molecule has 1 aromatic carbocycles. The van der Waals surface area contributed by atoms with Gasteiger partial charge in [0, 0.05) is 9.42 Å². The molecule has 112 valence electrons. The van der Waals surface area contributed by atoms with E-state index in [-0.39, 0.29) is 6.61 Å². The molecule has 0 bridgehead atoms. The van der Waals surface area contributed by atoms with E-state index in [0.29, 0.717) is 4.53 Å². The zero-order valence-electron chi connectivity index (χ0n) is 12.0. The molecule has 0 spiro atoms. The van der Waals surface area contributed by atoms with Crippen molar-refractivity contribution in [1.82, 2.24) is 0 Å². The predicted octanol–water partition coefficient (Wildman–Crippen LogP) is 5.47. The number of hydrogen-bond acceptors (Lipinski definition) is 2. The molecule has 0 saturated carbocycles. The van der Waals surface area contributed by atoms with Gasteiger partial charge in [0.25, 0.3) is 0 Å². The van der Waals surface area contributed by atoms with Gasteiger partial charge in [-0.05, 0) is 19.1 Å². The largest absolute Gasteiger partial charge is 0.489 e. The molecular formula is C14H19F3OSSi. The van der Waals surface area contributed by atoms with Gasteiger partial charge < -0.3 is 4.74 Å². The SMILES string of the molecule is CCO/C(=C(/Sc1ccccc1)[Si](C)(C)C)C(F)(F)F. The molecule has 0 atom stereocenters. The maximum atomic E-state index is 13.2. The van der Waals surface area contributed by atoms with Crippen LogP contribution in [0.5, 0.6) is 0 Å². The second-order valence-corrected chi connectivity index (χ2v) is 11.7. The van der Waals surface area contributed by atoms with Gasteiger partial charge in [0.05, 0.1) is 14.7 Å². The summed E-state index contributed by atoms with van der Waals surface area (Å²) in [5, 5.41) is 0. The van der Waals surface area contributed by atoms with Crippen LogP contribution in [-0.2, 0) is 4.74 Å². The molecule has 1 nitrogen and oxygen atoms in total. The maximum Gasteiger partial charge on any atom is 0.449 e. The van der Waals surface area contributed by atoms with E-state index in [4.69, 9.17) is 4.74 Å². The molecule has 0 fully saturated rings. The summed E-state index contributed by atoms with van der Waals surface area (Å²) in [7, 11) is -2.18. The number of ether oxygens (including phenoxy) is 1. The number of allylic oxidation sites excluding steroid dienone is 1. The van der Waals surface area contributed by atoms with Crippen molar-refractivity contribution in [1.29, 1.82) is 0 Å². The van der Waals surface area contributed by atoms with E-state index in [1.54, 1.807) is 6.92 Å². The average Bonchev–Trinajstić information content (AvgIpc) is 2.32. The lowest BCUT2D eigenvalue weighted by atomic mass is 10.4. The summed E-state index contributed by atoms with van der Waals surface area (Å²) in [4.78, 5) is 0.798. The highest BCUT2D eigenvalue weighted by Gasteiger charge is 2.42. The molecule has 0 heterocycles. The highest BCUT2D eigenvalue weighted by Crippen LogP contribution is 2.41. The Balaban J connectivity index is 3.29. The van der Waals surface area contributed by atoms with Crippen molar-refractivity contribution in [2.24, 2.45) is 0 Å². The molecule has 0 N–H and O–H groups in total. The van der Waals surface area contributed by atoms with E-state index < -0.39 is 20.0 Å². The lowest BCUT2D eigenvalue weighted by molar-refractivity contribution is -0.130. The molecule has 6 heteroatoms. The van der Waals surface area contributed by atoms with Crippen LogP contribution < -0.4 is 0 Å². The van der Waals surface area contributed by atoms with Crippen LogP contribution in [-0.4, -0.2) is 20.9 Å². The van der Waals surface area contributed by atoms with Gasteiger partial charge >= 0.3 is 6.18 Å². The van der Waals surface area contributed by atoms with Crippen LogP contribution >= 0.6 is 11.8 Å². The fraction of sp³-hybridized carbons (Fsp3) is 0.429. The fourth-order valence-electron chi connectivity index (χ4n) is 1.57. The van der Waals surface area contributed by atoms with Gasteiger partial charge in [0.1, 0.15) is 0 Å². The molecule has 0 aliphatic rings. The van der Waals surface area contributed by atoms with Gasteiger partial charge in [0.15, 0.2) is 0 Å². The van der Waals surface area contributed by atoms with E-state index in [1.165, 1.54) is 11.8 Å². The third kappa shape index (κ3) is 4.90. The Labute approximate surface area is 123 Å². The number of halogens is 3. The molecule has 0 amide bonds. The van der Waals surface area contributed by atoms with Crippen molar-refractivity contribution in [3.8, 4) is 0 Å². The molecule has 1 rings (SSSR count). The summed E-state index contributed by atoms with van der Waals surface area (Å²) in [5.74, 6) is -0.826. The van der Waals surface area contributed by atoms with Crippen LogP contribution in [0.25, 0.3) is 0 Å². The second-order valence-electron chi connectivity index (χ2n) is 5.25. The second kappa shape index (κ2) is 6.71. The molecule has 0 saturated heterocycles. The molecule has 0 aromatic heterocycles. The van der Waals surface area contributed by atoms with Crippen molar-refractivity contribution >= 4 is 19.8 Å². The normalized spacial score (nSPS) is 13.9. The molecule has 0 aliphatic carbocycles. The van der Waals surface area contributed by atoms with E-state index >= 15 is 0 Å². The van der Waals surface area contributed by atoms with Crippen LogP contribution in [0.15, 0.2) is 45.5 Å². The molecule has 0 aliphatic heterocycles. The van der Waals surface area contributed by atoms with Crippen LogP contribution in [0, 0.1) is 0 Å². The van der Waals surface area contributed by atoms with Crippen molar-refractivity contribution in [2.75, 3.05) is 6.61 Å². The predicted molar refractivity (Wildman–Crippen MR) is 80.4 cm³/mol. The summed E-state index contributed by atoms with van der Waals surface area (Å²) >= 11 is 1.17. The molecule has 0 unspecified atom stereocenters. The quantitative estimate of drug-likeness (QED) is 0.404. The van der Waals surface area contributed by atoms with E-state index in [0.717, 1.165) is 4.90 Å². The monoisotopic (exact) mass is 320 g/mol. The minimum absolute atomic E-state index is 0.0121. The Morgan fingerprint density at radius 2 is 1.70 bits per heavy atom. The lowest BCUT2D eigenvalue weighted by Crippen LogP contribution is -2.29. The Bertz CT molecular complexity index is 464. The van der Waals surface area contributed by atoms with Gasteiger partial charge in [-0.25, -0.2) is 0 Å². The van der Waals surface area contributed by atoms with Gasteiger partial charge in [-0.1, -0.05) is 49.6 Å². The van der Waals surface area contributed by atoms with E-state index in [2.05, 4.69) is 0 Å². The Morgan fingerprint density at radius 1 is 1.15 bits per heavy atom. The minimum Gasteiger partial charge on any atom is -0.489 e. The average molecular weight is 320 g/mol. The minimum atomic E-state index is -4.45.